The molecule has 1 N–H and O–H groups in total. The molecule has 0 aliphatic rings. The van der Waals surface area contributed by atoms with Gasteiger partial charge in [-0.1, -0.05) is 159 Å². The van der Waals surface area contributed by atoms with Crippen molar-refractivity contribution in [2.45, 2.75) is 174 Å². The molecule has 0 aromatic heterocycles. The summed E-state index contributed by atoms with van der Waals surface area (Å²) in [4.78, 5) is 24.1. The van der Waals surface area contributed by atoms with Gasteiger partial charge in [0.05, 0.1) is 6.61 Å². The molecule has 0 bridgehead atoms. The molecule has 0 aromatic carbocycles. The van der Waals surface area contributed by atoms with E-state index in [4.69, 9.17) is 9.47 Å². The summed E-state index contributed by atoms with van der Waals surface area (Å²) in [6.45, 7) is 3.98. The first kappa shape index (κ1) is 40.1. The summed E-state index contributed by atoms with van der Waals surface area (Å²) in [5.41, 5.74) is 0. The number of allylic oxidation sites excluding steroid dienone is 6. The van der Waals surface area contributed by atoms with Crippen molar-refractivity contribution >= 4 is 11.9 Å². The molecular formula is C37H66O5. The third kappa shape index (κ3) is 31.1. The molecule has 244 valence electrons. The van der Waals surface area contributed by atoms with Crippen molar-refractivity contribution in [2.24, 2.45) is 0 Å². The van der Waals surface area contributed by atoms with Gasteiger partial charge in [-0.25, -0.2) is 0 Å². The van der Waals surface area contributed by atoms with Crippen molar-refractivity contribution in [3.8, 4) is 0 Å². The first-order valence-electron chi connectivity index (χ1n) is 17.6. The van der Waals surface area contributed by atoms with E-state index in [9.17, 15) is 14.7 Å². The largest absolute Gasteiger partial charge is 0.462 e. The summed E-state index contributed by atoms with van der Waals surface area (Å²) in [5, 5.41) is 9.51. The number of esters is 2. The Morgan fingerprint density at radius 3 is 1.52 bits per heavy atom. The summed E-state index contributed by atoms with van der Waals surface area (Å²) in [7, 11) is 0. The molecule has 1 unspecified atom stereocenters. The molecule has 0 heterocycles. The standard InChI is InChI=1S/C37H66O5/c1-3-5-7-9-11-13-15-17-18-20-22-24-26-28-30-32-37(40)42-35(33-38)34-41-36(39)31-29-27-25-23-21-19-16-14-12-10-8-6-4-2/h6,8,10,12,14,16,35,38H,3-5,7,9,11,13,15,17-34H2,1-2H3/b8-6+,12-10+,16-14+. The Morgan fingerprint density at radius 2 is 1.02 bits per heavy atom. The van der Waals surface area contributed by atoms with Gasteiger partial charge in [-0.05, 0) is 32.1 Å². The SMILES string of the molecule is CC/C=C/C=C/C=C/CCCCCCCC(=O)OCC(CO)OC(=O)CCCCCCCCCCCCCCCCC. The predicted molar refractivity (Wildman–Crippen MR) is 178 cm³/mol. The van der Waals surface area contributed by atoms with Gasteiger partial charge >= 0.3 is 11.9 Å². The number of ether oxygens (including phenoxy) is 2. The number of unbranched alkanes of at least 4 members (excludes halogenated alkanes) is 19. The zero-order chi connectivity index (χ0) is 30.8. The van der Waals surface area contributed by atoms with E-state index in [0.29, 0.717) is 12.8 Å². The third-order valence-corrected chi connectivity index (χ3v) is 7.51. The second kappa shape index (κ2) is 33.6. The number of hydrogen-bond donors (Lipinski definition) is 1. The molecular weight excluding hydrogens is 524 g/mol. The van der Waals surface area contributed by atoms with Gasteiger partial charge in [-0.3, -0.25) is 9.59 Å². The van der Waals surface area contributed by atoms with Crippen LogP contribution in [0.3, 0.4) is 0 Å². The molecule has 0 rings (SSSR count). The van der Waals surface area contributed by atoms with Crippen LogP contribution in [0.1, 0.15) is 168 Å². The fourth-order valence-corrected chi connectivity index (χ4v) is 4.85. The van der Waals surface area contributed by atoms with Gasteiger partial charge in [0, 0.05) is 12.8 Å². The molecule has 0 aromatic rings. The monoisotopic (exact) mass is 590 g/mol. The Labute approximate surface area is 259 Å². The van der Waals surface area contributed by atoms with E-state index < -0.39 is 6.10 Å². The zero-order valence-corrected chi connectivity index (χ0v) is 27.5. The number of aliphatic hydroxyl groups is 1. The Balaban J connectivity index is 3.59. The summed E-state index contributed by atoms with van der Waals surface area (Å²) < 4.78 is 10.5. The molecule has 0 fully saturated rings. The molecule has 0 spiro atoms. The maximum atomic E-state index is 12.1. The lowest BCUT2D eigenvalue weighted by atomic mass is 10.0. The van der Waals surface area contributed by atoms with Crippen LogP contribution in [0.4, 0.5) is 0 Å². The highest BCUT2D eigenvalue weighted by Crippen LogP contribution is 2.14. The minimum absolute atomic E-state index is 0.0745. The Hall–Kier alpha value is -1.88. The lowest BCUT2D eigenvalue weighted by molar-refractivity contribution is -0.161. The molecule has 0 amide bonds. The van der Waals surface area contributed by atoms with E-state index >= 15 is 0 Å². The molecule has 0 aliphatic carbocycles. The van der Waals surface area contributed by atoms with Gasteiger partial charge in [-0.2, -0.15) is 0 Å². The highest BCUT2D eigenvalue weighted by Gasteiger charge is 2.16. The van der Waals surface area contributed by atoms with Crippen molar-refractivity contribution in [1.29, 1.82) is 0 Å². The predicted octanol–water partition coefficient (Wildman–Crippen LogP) is 10.5. The van der Waals surface area contributed by atoms with Crippen LogP contribution in [-0.4, -0.2) is 36.4 Å². The van der Waals surface area contributed by atoms with Crippen LogP contribution < -0.4 is 0 Å². The summed E-state index contributed by atoms with van der Waals surface area (Å²) in [5.74, 6) is -0.613. The molecule has 0 aliphatic heterocycles. The van der Waals surface area contributed by atoms with Crippen molar-refractivity contribution in [2.75, 3.05) is 13.2 Å². The second-order valence-electron chi connectivity index (χ2n) is 11.6. The van der Waals surface area contributed by atoms with Crippen LogP contribution in [0.5, 0.6) is 0 Å². The minimum Gasteiger partial charge on any atom is -0.462 e. The van der Waals surface area contributed by atoms with Crippen LogP contribution in [0, 0.1) is 0 Å². The highest BCUT2D eigenvalue weighted by molar-refractivity contribution is 5.70. The fourth-order valence-electron chi connectivity index (χ4n) is 4.85. The zero-order valence-electron chi connectivity index (χ0n) is 27.5. The Bertz CT molecular complexity index is 682. The minimum atomic E-state index is -0.775. The van der Waals surface area contributed by atoms with Gasteiger partial charge in [0.2, 0.25) is 0 Å². The molecule has 5 heteroatoms. The van der Waals surface area contributed by atoms with E-state index in [1.165, 1.54) is 77.0 Å². The lowest BCUT2D eigenvalue weighted by Crippen LogP contribution is -2.28. The topological polar surface area (TPSA) is 72.8 Å². The van der Waals surface area contributed by atoms with Crippen LogP contribution in [0.2, 0.25) is 0 Å². The van der Waals surface area contributed by atoms with E-state index in [1.54, 1.807) is 0 Å². The fraction of sp³-hybridized carbons (Fsp3) is 0.784. The first-order chi connectivity index (χ1) is 20.6. The van der Waals surface area contributed by atoms with Gasteiger partial charge in [0.1, 0.15) is 6.61 Å². The second-order valence-corrected chi connectivity index (χ2v) is 11.6. The maximum Gasteiger partial charge on any atom is 0.306 e. The van der Waals surface area contributed by atoms with Crippen LogP contribution in [0.15, 0.2) is 36.5 Å². The Kier molecular flexibility index (Phi) is 32.1. The number of aliphatic hydroxyl groups excluding tert-OH is 1. The number of hydrogen-bond acceptors (Lipinski definition) is 5. The van der Waals surface area contributed by atoms with Crippen molar-refractivity contribution in [3.63, 3.8) is 0 Å². The average molecular weight is 591 g/mol. The van der Waals surface area contributed by atoms with E-state index in [1.807, 2.05) is 6.08 Å². The molecule has 42 heavy (non-hydrogen) atoms. The van der Waals surface area contributed by atoms with Crippen LogP contribution in [0.25, 0.3) is 0 Å². The third-order valence-electron chi connectivity index (χ3n) is 7.51. The van der Waals surface area contributed by atoms with Gasteiger partial charge < -0.3 is 14.6 Å². The molecule has 5 nitrogen and oxygen atoms in total. The van der Waals surface area contributed by atoms with E-state index in [0.717, 1.165) is 64.2 Å². The Morgan fingerprint density at radius 1 is 0.571 bits per heavy atom. The van der Waals surface area contributed by atoms with Crippen LogP contribution in [-0.2, 0) is 19.1 Å². The number of rotatable bonds is 31. The molecule has 0 radical (unpaired) electrons. The quantitative estimate of drug-likeness (QED) is 0.0494. The van der Waals surface area contributed by atoms with Crippen molar-refractivity contribution < 1.29 is 24.2 Å². The molecule has 1 atom stereocenters. The maximum absolute atomic E-state index is 12.1. The van der Waals surface area contributed by atoms with Gasteiger partial charge in [0.25, 0.3) is 0 Å². The normalized spacial score (nSPS) is 12.5. The van der Waals surface area contributed by atoms with Crippen LogP contribution >= 0.6 is 0 Å². The average Bonchev–Trinajstić information content (AvgIpc) is 2.99. The van der Waals surface area contributed by atoms with Gasteiger partial charge in [-0.15, -0.1) is 0 Å². The molecule has 0 saturated carbocycles. The molecule has 0 saturated heterocycles. The first-order valence-corrected chi connectivity index (χ1v) is 17.6. The summed E-state index contributed by atoms with van der Waals surface area (Å²) >= 11 is 0. The van der Waals surface area contributed by atoms with Gasteiger partial charge in [0.15, 0.2) is 6.10 Å². The number of carbonyl (C=O) groups is 2. The van der Waals surface area contributed by atoms with E-state index in [-0.39, 0.29) is 25.2 Å². The van der Waals surface area contributed by atoms with E-state index in [2.05, 4.69) is 44.2 Å². The highest BCUT2D eigenvalue weighted by atomic mass is 16.6. The van der Waals surface area contributed by atoms with Crippen molar-refractivity contribution in [1.82, 2.24) is 0 Å². The lowest BCUT2D eigenvalue weighted by Gasteiger charge is -2.15. The summed E-state index contributed by atoms with van der Waals surface area (Å²) in [6, 6.07) is 0. The number of carbonyl (C=O) groups excluding carboxylic acids is 2. The summed E-state index contributed by atoms with van der Waals surface area (Å²) in [6.07, 6.45) is 39.1. The smallest absolute Gasteiger partial charge is 0.306 e. The van der Waals surface area contributed by atoms with Crippen molar-refractivity contribution in [3.05, 3.63) is 36.5 Å².